The number of H-pyrrole nitrogens is 1. The van der Waals surface area contributed by atoms with Crippen molar-refractivity contribution >= 4 is 35.1 Å². The third kappa shape index (κ3) is 2.23. The second-order valence-corrected chi connectivity index (χ2v) is 5.50. The fourth-order valence-electron chi connectivity index (χ4n) is 1.57. The summed E-state index contributed by atoms with van der Waals surface area (Å²) in [5.41, 5.74) is 1.00. The zero-order chi connectivity index (χ0) is 13.4. The van der Waals surface area contributed by atoms with Crippen molar-refractivity contribution in [3.8, 4) is 0 Å². The maximum Gasteiger partial charge on any atom is 0.330 e. The number of imidazole rings is 1. The van der Waals surface area contributed by atoms with Crippen LogP contribution in [0.3, 0.4) is 0 Å². The van der Waals surface area contributed by atoms with Gasteiger partial charge in [-0.2, -0.15) is 0 Å². The molecule has 1 unspecified atom stereocenters. The van der Waals surface area contributed by atoms with Crippen molar-refractivity contribution < 1.29 is 5.11 Å². The molecule has 0 fully saturated rings. The molecule has 2 heterocycles. The number of aryl methyl sites for hydroxylation is 1. The highest BCUT2D eigenvalue weighted by Gasteiger charge is 2.11. The lowest BCUT2D eigenvalue weighted by molar-refractivity contribution is 0.220. The lowest BCUT2D eigenvalue weighted by Crippen LogP contribution is -2.27. The Bertz CT molecular complexity index is 698. The molecule has 0 aliphatic heterocycles. The molecule has 0 radical (unpaired) electrons. The molecule has 98 valence electrons. The highest BCUT2D eigenvalue weighted by molar-refractivity contribution is 7.99. The molecule has 0 aliphatic rings. The van der Waals surface area contributed by atoms with Crippen LogP contribution in [0.4, 0.5) is 0 Å². The quantitative estimate of drug-likeness (QED) is 0.645. The number of aliphatic hydroxyl groups is 1. The number of nitrogens with zero attached hydrogens (tertiary/aromatic N) is 3. The van der Waals surface area contributed by atoms with Crippen LogP contribution >= 0.6 is 24.0 Å². The normalized spacial score (nSPS) is 13.1. The predicted molar refractivity (Wildman–Crippen MR) is 73.5 cm³/mol. The zero-order valence-electron chi connectivity index (χ0n) is 10.3. The lowest BCUT2D eigenvalue weighted by Gasteiger charge is -2.02. The summed E-state index contributed by atoms with van der Waals surface area (Å²) >= 11 is 6.61. The molecule has 18 heavy (non-hydrogen) atoms. The van der Waals surface area contributed by atoms with Crippen LogP contribution < -0.4 is 5.69 Å². The van der Waals surface area contributed by atoms with Gasteiger partial charge in [0.25, 0.3) is 0 Å². The van der Waals surface area contributed by atoms with Crippen LogP contribution in [0, 0.1) is 4.64 Å². The van der Waals surface area contributed by atoms with E-state index in [1.165, 1.54) is 20.9 Å². The Morgan fingerprint density at radius 3 is 2.78 bits per heavy atom. The van der Waals surface area contributed by atoms with E-state index in [0.29, 0.717) is 26.7 Å². The first-order valence-corrected chi connectivity index (χ1v) is 6.77. The van der Waals surface area contributed by atoms with Crippen LogP contribution in [0.2, 0.25) is 0 Å². The van der Waals surface area contributed by atoms with E-state index in [4.69, 9.17) is 12.2 Å². The number of hydrogen-bond acceptors (Lipinski definition) is 5. The number of aromatic amines is 1. The van der Waals surface area contributed by atoms with Gasteiger partial charge in [0, 0.05) is 19.8 Å². The minimum Gasteiger partial charge on any atom is -0.393 e. The molecule has 0 spiro atoms. The minimum atomic E-state index is -0.411. The molecule has 6 nitrogen and oxygen atoms in total. The molecule has 2 aromatic heterocycles. The van der Waals surface area contributed by atoms with Gasteiger partial charge < -0.3 is 10.1 Å². The van der Waals surface area contributed by atoms with Gasteiger partial charge >= 0.3 is 5.69 Å². The number of hydrogen-bond donors (Lipinski definition) is 2. The first-order valence-electron chi connectivity index (χ1n) is 5.38. The van der Waals surface area contributed by atoms with Crippen LogP contribution in [0.25, 0.3) is 11.2 Å². The molecule has 0 aliphatic carbocycles. The summed E-state index contributed by atoms with van der Waals surface area (Å²) in [6.07, 6.45) is -0.411. The minimum absolute atomic E-state index is 0.203. The Hall–Kier alpha value is -1.12. The summed E-state index contributed by atoms with van der Waals surface area (Å²) < 4.78 is 3.29. The van der Waals surface area contributed by atoms with Gasteiger partial charge in [-0.3, -0.25) is 9.13 Å². The lowest BCUT2D eigenvalue weighted by atomic mass is 10.5. The average molecular weight is 286 g/mol. The first-order chi connectivity index (χ1) is 8.41. The van der Waals surface area contributed by atoms with E-state index in [9.17, 15) is 9.90 Å². The Morgan fingerprint density at radius 2 is 2.17 bits per heavy atom. The van der Waals surface area contributed by atoms with E-state index in [1.54, 1.807) is 21.0 Å². The highest BCUT2D eigenvalue weighted by atomic mass is 32.2. The Labute approximate surface area is 113 Å². The topological polar surface area (TPSA) is 75.8 Å². The van der Waals surface area contributed by atoms with Gasteiger partial charge in [0.15, 0.2) is 10.8 Å². The van der Waals surface area contributed by atoms with E-state index in [-0.39, 0.29) is 5.69 Å². The van der Waals surface area contributed by atoms with Crippen molar-refractivity contribution in [2.75, 3.05) is 5.75 Å². The smallest absolute Gasteiger partial charge is 0.330 e. The molecule has 8 heteroatoms. The molecule has 2 N–H and O–H groups in total. The molecule has 2 rings (SSSR count). The monoisotopic (exact) mass is 286 g/mol. The van der Waals surface area contributed by atoms with Gasteiger partial charge in [0.05, 0.1) is 6.10 Å². The van der Waals surface area contributed by atoms with E-state index in [1.807, 2.05) is 0 Å². The fourth-order valence-corrected chi connectivity index (χ4v) is 2.52. The average Bonchev–Trinajstić information content (AvgIpc) is 2.75. The van der Waals surface area contributed by atoms with E-state index in [0.717, 1.165) is 0 Å². The maximum atomic E-state index is 11.8. The van der Waals surface area contributed by atoms with E-state index < -0.39 is 6.10 Å². The van der Waals surface area contributed by atoms with Crippen molar-refractivity contribution in [3.63, 3.8) is 0 Å². The molecule has 0 amide bonds. The Balaban J connectivity index is 2.58. The molecular weight excluding hydrogens is 272 g/mol. The number of aromatic nitrogens is 4. The molecular formula is C10H14N4O2S2. The summed E-state index contributed by atoms with van der Waals surface area (Å²) in [6, 6.07) is 0. The van der Waals surface area contributed by atoms with E-state index in [2.05, 4.69) is 9.97 Å². The van der Waals surface area contributed by atoms with Crippen molar-refractivity contribution in [1.82, 2.24) is 19.1 Å². The van der Waals surface area contributed by atoms with Crippen LogP contribution in [0.15, 0.2) is 9.95 Å². The van der Waals surface area contributed by atoms with Gasteiger partial charge in [-0.05, 0) is 6.92 Å². The Morgan fingerprint density at radius 1 is 1.50 bits per heavy atom. The van der Waals surface area contributed by atoms with Gasteiger partial charge in [-0.15, -0.1) is 0 Å². The summed E-state index contributed by atoms with van der Waals surface area (Å²) in [7, 11) is 3.29. The van der Waals surface area contributed by atoms with Crippen LogP contribution in [0.1, 0.15) is 6.92 Å². The maximum absolute atomic E-state index is 11.8. The van der Waals surface area contributed by atoms with Crippen LogP contribution in [0.5, 0.6) is 0 Å². The number of rotatable bonds is 3. The molecule has 0 aromatic carbocycles. The molecule has 2 aromatic rings. The van der Waals surface area contributed by atoms with Gasteiger partial charge in [-0.1, -0.05) is 24.0 Å². The highest BCUT2D eigenvalue weighted by Crippen LogP contribution is 2.19. The second kappa shape index (κ2) is 4.87. The van der Waals surface area contributed by atoms with Gasteiger partial charge in [-0.25, -0.2) is 9.78 Å². The first kappa shape index (κ1) is 13.3. The van der Waals surface area contributed by atoms with Crippen molar-refractivity contribution in [2.24, 2.45) is 14.1 Å². The number of thioether (sulfide) groups is 1. The third-order valence-corrected chi connectivity index (χ3v) is 4.13. The van der Waals surface area contributed by atoms with Crippen molar-refractivity contribution in [2.45, 2.75) is 18.2 Å². The van der Waals surface area contributed by atoms with Crippen molar-refractivity contribution in [3.05, 3.63) is 15.1 Å². The standard InChI is InChI=1S/C10H14N4O2S2/c1-5(15)4-18-9-11-6-7(12-9)13(2)10(16)14(3)8(6)17/h5,15H,4H2,1-3H3,(H,11,12). The Kier molecular flexibility index (Phi) is 3.60. The molecule has 0 saturated heterocycles. The predicted octanol–water partition coefficient (Wildman–Crippen LogP) is 0.802. The van der Waals surface area contributed by atoms with Crippen LogP contribution in [-0.2, 0) is 14.1 Å². The van der Waals surface area contributed by atoms with Crippen molar-refractivity contribution in [1.29, 1.82) is 0 Å². The third-order valence-electron chi connectivity index (χ3n) is 2.53. The van der Waals surface area contributed by atoms with Gasteiger partial charge in [0.1, 0.15) is 10.2 Å². The van der Waals surface area contributed by atoms with E-state index >= 15 is 0 Å². The SMILES string of the molecule is CC(O)CSc1nc2c([nH]1)c(=S)n(C)c(=O)n2C. The summed E-state index contributed by atoms with van der Waals surface area (Å²) in [5.74, 6) is 0.534. The second-order valence-electron chi connectivity index (χ2n) is 4.11. The molecule has 1 atom stereocenters. The van der Waals surface area contributed by atoms with Gasteiger partial charge in [0.2, 0.25) is 0 Å². The fraction of sp³-hybridized carbons (Fsp3) is 0.500. The number of fused-ring (bicyclic) bond motifs is 1. The molecule has 0 bridgehead atoms. The summed E-state index contributed by atoms with van der Waals surface area (Å²) in [5, 5.41) is 9.89. The summed E-state index contributed by atoms with van der Waals surface area (Å²) in [6.45, 7) is 1.71. The molecule has 0 saturated carbocycles. The van der Waals surface area contributed by atoms with Crippen LogP contribution in [-0.4, -0.2) is 36.1 Å². The zero-order valence-corrected chi connectivity index (χ0v) is 11.9. The number of nitrogens with one attached hydrogen (secondary N) is 1. The number of aliphatic hydroxyl groups excluding tert-OH is 1. The summed E-state index contributed by atoms with van der Waals surface area (Å²) in [4.78, 5) is 19.2. The largest absolute Gasteiger partial charge is 0.393 e.